The van der Waals surface area contributed by atoms with Gasteiger partial charge in [0.15, 0.2) is 0 Å². The fraction of sp³-hybridized carbons (Fsp3) is 0.471. The van der Waals surface area contributed by atoms with Crippen LogP contribution >= 0.6 is 35.3 Å². The first kappa shape index (κ1) is 17.6. The van der Waals surface area contributed by atoms with Gasteiger partial charge in [-0.25, -0.2) is 0 Å². The number of likely N-dealkylation sites (tertiary alicyclic amines) is 1. The molecule has 0 bridgehead atoms. The average Bonchev–Trinajstić information content (AvgIpc) is 3.16. The fourth-order valence-corrected chi connectivity index (χ4v) is 4.85. The van der Waals surface area contributed by atoms with Gasteiger partial charge < -0.3 is 4.90 Å². The third-order valence-electron chi connectivity index (χ3n) is 4.38. The van der Waals surface area contributed by atoms with Crippen molar-refractivity contribution in [3.8, 4) is 0 Å². The highest BCUT2D eigenvalue weighted by Crippen LogP contribution is 2.33. The second kappa shape index (κ2) is 7.80. The van der Waals surface area contributed by atoms with Gasteiger partial charge in [0, 0.05) is 30.9 Å². The maximum Gasteiger partial charge on any atom is 0.266 e. The Morgan fingerprint density at radius 1 is 1.42 bits per heavy atom. The van der Waals surface area contributed by atoms with E-state index in [0.717, 1.165) is 30.8 Å². The van der Waals surface area contributed by atoms with Crippen LogP contribution in [-0.4, -0.2) is 45.6 Å². The van der Waals surface area contributed by atoms with Crippen LogP contribution in [0.4, 0.5) is 0 Å². The average molecular weight is 381 g/mol. The summed E-state index contributed by atoms with van der Waals surface area (Å²) in [6.07, 6.45) is 4.34. The van der Waals surface area contributed by atoms with E-state index in [1.807, 2.05) is 28.5 Å². The van der Waals surface area contributed by atoms with Crippen molar-refractivity contribution in [3.05, 3.63) is 27.3 Å². The molecule has 128 valence electrons. The molecule has 24 heavy (non-hydrogen) atoms. The lowest BCUT2D eigenvalue weighted by Crippen LogP contribution is -2.40. The molecule has 1 aromatic rings. The molecule has 7 heteroatoms. The molecular formula is C17H20N2O2S3. The summed E-state index contributed by atoms with van der Waals surface area (Å²) in [7, 11) is 0. The van der Waals surface area contributed by atoms with Crippen molar-refractivity contribution in [3.63, 3.8) is 0 Å². The van der Waals surface area contributed by atoms with Crippen LogP contribution in [0.15, 0.2) is 22.4 Å². The molecule has 3 rings (SSSR count). The van der Waals surface area contributed by atoms with Crippen molar-refractivity contribution in [2.24, 2.45) is 5.92 Å². The molecule has 2 amide bonds. The van der Waals surface area contributed by atoms with Gasteiger partial charge in [-0.2, -0.15) is 0 Å². The molecule has 3 heterocycles. The number of nitrogens with zero attached hydrogens (tertiary/aromatic N) is 2. The SMILES string of the molecule is CC1CCN(C(=O)CCN2C(=O)/C(=C\c3cccs3)SC2=S)CC1. The molecule has 0 aliphatic carbocycles. The van der Waals surface area contributed by atoms with Crippen molar-refractivity contribution in [1.29, 1.82) is 0 Å². The van der Waals surface area contributed by atoms with Crippen molar-refractivity contribution in [2.45, 2.75) is 26.2 Å². The molecule has 0 unspecified atom stereocenters. The second-order valence-corrected chi connectivity index (χ2v) is 8.82. The molecular weight excluding hydrogens is 360 g/mol. The van der Waals surface area contributed by atoms with Gasteiger partial charge in [-0.05, 0) is 36.3 Å². The third-order valence-corrected chi connectivity index (χ3v) is 6.57. The molecule has 0 saturated carbocycles. The van der Waals surface area contributed by atoms with Gasteiger partial charge in [0.05, 0.1) is 4.91 Å². The topological polar surface area (TPSA) is 40.6 Å². The Kier molecular flexibility index (Phi) is 5.73. The molecule has 2 saturated heterocycles. The zero-order valence-corrected chi connectivity index (χ0v) is 16.0. The van der Waals surface area contributed by atoms with E-state index in [9.17, 15) is 9.59 Å². The van der Waals surface area contributed by atoms with Crippen molar-refractivity contribution in [2.75, 3.05) is 19.6 Å². The molecule has 0 radical (unpaired) electrons. The highest BCUT2D eigenvalue weighted by Gasteiger charge is 2.32. The van der Waals surface area contributed by atoms with E-state index in [-0.39, 0.29) is 11.8 Å². The van der Waals surface area contributed by atoms with Crippen LogP contribution in [0.5, 0.6) is 0 Å². The fourth-order valence-electron chi connectivity index (χ4n) is 2.82. The zero-order valence-electron chi connectivity index (χ0n) is 13.6. The predicted molar refractivity (Wildman–Crippen MR) is 104 cm³/mol. The van der Waals surface area contributed by atoms with Crippen LogP contribution < -0.4 is 0 Å². The highest BCUT2D eigenvalue weighted by atomic mass is 32.2. The molecule has 1 aromatic heterocycles. The Bertz CT molecular complexity index is 661. The smallest absolute Gasteiger partial charge is 0.266 e. The second-order valence-electron chi connectivity index (χ2n) is 6.16. The van der Waals surface area contributed by atoms with E-state index in [1.54, 1.807) is 16.2 Å². The van der Waals surface area contributed by atoms with Gasteiger partial charge >= 0.3 is 0 Å². The minimum absolute atomic E-state index is 0.0848. The van der Waals surface area contributed by atoms with Crippen molar-refractivity contribution >= 4 is 57.5 Å². The Hall–Kier alpha value is -1.18. The first-order valence-corrected chi connectivity index (χ1v) is 10.2. The number of thiocarbonyl (C=S) groups is 1. The number of hydrogen-bond donors (Lipinski definition) is 0. The molecule has 2 aliphatic heterocycles. The number of piperidine rings is 1. The largest absolute Gasteiger partial charge is 0.343 e. The molecule has 0 N–H and O–H groups in total. The summed E-state index contributed by atoms with van der Waals surface area (Å²) in [5.74, 6) is 0.736. The Morgan fingerprint density at radius 3 is 2.83 bits per heavy atom. The van der Waals surface area contributed by atoms with E-state index in [0.29, 0.717) is 28.1 Å². The maximum atomic E-state index is 12.5. The van der Waals surface area contributed by atoms with E-state index in [2.05, 4.69) is 6.92 Å². The summed E-state index contributed by atoms with van der Waals surface area (Å²) in [5.41, 5.74) is 0. The third kappa shape index (κ3) is 4.07. The van der Waals surface area contributed by atoms with Gasteiger partial charge in [0.1, 0.15) is 4.32 Å². The molecule has 2 aliphatic rings. The molecule has 0 aromatic carbocycles. The van der Waals surface area contributed by atoms with Gasteiger partial charge in [0.2, 0.25) is 5.91 Å². The summed E-state index contributed by atoms with van der Waals surface area (Å²) >= 11 is 8.23. The normalized spacial score (nSPS) is 21.1. The van der Waals surface area contributed by atoms with Gasteiger partial charge in [0.25, 0.3) is 5.91 Å². The lowest BCUT2D eigenvalue weighted by atomic mass is 9.99. The summed E-state index contributed by atoms with van der Waals surface area (Å²) in [6, 6.07) is 3.92. The van der Waals surface area contributed by atoms with Crippen LogP contribution in [0.1, 0.15) is 31.1 Å². The van der Waals surface area contributed by atoms with Crippen LogP contribution in [0.25, 0.3) is 6.08 Å². The number of amides is 2. The van der Waals surface area contributed by atoms with Gasteiger partial charge in [-0.15, -0.1) is 11.3 Å². The highest BCUT2D eigenvalue weighted by molar-refractivity contribution is 8.26. The summed E-state index contributed by atoms with van der Waals surface area (Å²) in [4.78, 5) is 30.0. The number of carbonyl (C=O) groups excluding carboxylic acids is 2. The van der Waals surface area contributed by atoms with E-state index in [4.69, 9.17) is 12.2 Å². The van der Waals surface area contributed by atoms with Crippen molar-refractivity contribution in [1.82, 2.24) is 9.80 Å². The Morgan fingerprint density at radius 2 is 2.17 bits per heavy atom. The molecule has 4 nitrogen and oxygen atoms in total. The number of thiophene rings is 1. The number of hydrogen-bond acceptors (Lipinski definition) is 5. The quantitative estimate of drug-likeness (QED) is 0.591. The first-order chi connectivity index (χ1) is 11.5. The van der Waals surface area contributed by atoms with Gasteiger partial charge in [-0.1, -0.05) is 37.0 Å². The summed E-state index contributed by atoms with van der Waals surface area (Å²) < 4.78 is 0.544. The van der Waals surface area contributed by atoms with Gasteiger partial charge in [-0.3, -0.25) is 14.5 Å². The lowest BCUT2D eigenvalue weighted by molar-refractivity contribution is -0.133. The van der Waals surface area contributed by atoms with E-state index < -0.39 is 0 Å². The van der Waals surface area contributed by atoms with E-state index >= 15 is 0 Å². The van der Waals surface area contributed by atoms with Crippen LogP contribution in [-0.2, 0) is 9.59 Å². The number of rotatable bonds is 4. The molecule has 0 atom stereocenters. The maximum absolute atomic E-state index is 12.5. The number of thioether (sulfide) groups is 1. The van der Waals surface area contributed by atoms with E-state index in [1.165, 1.54) is 11.8 Å². The predicted octanol–water partition coefficient (Wildman–Crippen LogP) is 3.60. The number of carbonyl (C=O) groups is 2. The molecule has 2 fully saturated rings. The van der Waals surface area contributed by atoms with Crippen LogP contribution in [0.3, 0.4) is 0 Å². The minimum atomic E-state index is -0.0848. The van der Waals surface area contributed by atoms with Crippen LogP contribution in [0.2, 0.25) is 0 Å². The Balaban J connectivity index is 1.56. The Labute approximate surface area is 155 Å². The van der Waals surface area contributed by atoms with Crippen molar-refractivity contribution < 1.29 is 9.59 Å². The monoisotopic (exact) mass is 380 g/mol. The zero-order chi connectivity index (χ0) is 17.1. The lowest BCUT2D eigenvalue weighted by Gasteiger charge is -2.30. The van der Waals surface area contributed by atoms with Crippen LogP contribution in [0, 0.1) is 5.92 Å². The summed E-state index contributed by atoms with van der Waals surface area (Å²) in [6.45, 7) is 4.26. The molecule has 0 spiro atoms. The summed E-state index contributed by atoms with van der Waals surface area (Å²) in [5, 5.41) is 1.98. The first-order valence-electron chi connectivity index (χ1n) is 8.11. The standard InChI is InChI=1S/C17H20N2O2S3/c1-12-4-7-18(8-5-12)15(20)6-9-19-16(21)14(24-17(19)22)11-13-3-2-10-23-13/h2-3,10-12H,4-9H2,1H3/b14-11+. The minimum Gasteiger partial charge on any atom is -0.343 e.